The Bertz CT molecular complexity index is 783. The molecular weight excluding hydrogens is 333 g/mol. The van der Waals surface area contributed by atoms with Gasteiger partial charge in [0.2, 0.25) is 13.9 Å². The van der Waals surface area contributed by atoms with E-state index in [1.165, 1.54) is 30.6 Å². The van der Waals surface area contributed by atoms with E-state index in [2.05, 4.69) is 36.0 Å². The highest BCUT2D eigenvalue weighted by atomic mass is 35.5. The quantitative estimate of drug-likeness (QED) is 0.466. The molecule has 1 aromatic carbocycles. The molecular formula is C13H13BClFN8. The smallest absolute Gasteiger partial charge is 0.249 e. The van der Waals surface area contributed by atoms with E-state index in [4.69, 9.17) is 25.3 Å². The van der Waals surface area contributed by atoms with Crippen molar-refractivity contribution < 1.29 is 4.39 Å². The van der Waals surface area contributed by atoms with Crippen LogP contribution in [0.4, 0.5) is 27.5 Å². The number of anilines is 4. The lowest BCUT2D eigenvalue weighted by molar-refractivity contribution is 0.632. The largest absolute Gasteiger partial charge is 0.437 e. The van der Waals surface area contributed by atoms with Crippen molar-refractivity contribution in [3.63, 3.8) is 0 Å². The van der Waals surface area contributed by atoms with Crippen LogP contribution in [0.2, 0.25) is 5.15 Å². The second-order valence-corrected chi connectivity index (χ2v) is 4.73. The van der Waals surface area contributed by atoms with Gasteiger partial charge in [-0.2, -0.15) is 4.98 Å². The van der Waals surface area contributed by atoms with E-state index in [1.807, 2.05) is 0 Å². The molecule has 8 nitrogen and oxygen atoms in total. The zero-order chi connectivity index (χ0) is 17.5. The number of aliphatic imine (C=N–C) groups is 1. The minimum atomic E-state index is -0.515. The third kappa shape index (κ3) is 4.32. The van der Waals surface area contributed by atoms with E-state index in [-0.39, 0.29) is 22.6 Å². The molecule has 24 heavy (non-hydrogen) atoms. The Morgan fingerprint density at radius 2 is 2.21 bits per heavy atom. The van der Waals surface area contributed by atoms with Crippen molar-refractivity contribution in [1.82, 2.24) is 15.2 Å². The molecule has 0 aliphatic rings. The lowest BCUT2D eigenvalue weighted by Crippen LogP contribution is -2.09. The van der Waals surface area contributed by atoms with Gasteiger partial charge in [0.1, 0.15) is 5.82 Å². The summed E-state index contributed by atoms with van der Waals surface area (Å²) in [7, 11) is 6.89. The number of aromatic nitrogens is 3. The maximum Gasteiger partial charge on any atom is 0.249 e. The molecule has 2 aromatic rings. The minimum Gasteiger partial charge on any atom is -0.437 e. The van der Waals surface area contributed by atoms with Crippen molar-refractivity contribution in [2.24, 2.45) is 10.7 Å². The number of allylic oxidation sites excluding steroid dienone is 1. The molecule has 0 saturated heterocycles. The Morgan fingerprint density at radius 3 is 2.88 bits per heavy atom. The molecule has 0 aliphatic carbocycles. The maximum absolute atomic E-state index is 13.9. The molecule has 122 valence electrons. The second-order valence-electron chi connectivity index (χ2n) is 4.37. The standard InChI is InChI=1S/C13H13BClFN8/c1-18-6-8(5-17)19-13-21-12(11(15)23-24-13)20-10-4-7(22-14)2-3-9(10)16/h2-6,22H,17H2,1H3,(H2,19,20,21,24)/b8-5+,18-6?. The van der Waals surface area contributed by atoms with Crippen LogP contribution in [0, 0.1) is 5.82 Å². The summed E-state index contributed by atoms with van der Waals surface area (Å²) < 4.78 is 13.9. The van der Waals surface area contributed by atoms with Crippen LogP contribution in [0.25, 0.3) is 0 Å². The first kappa shape index (κ1) is 17.5. The highest BCUT2D eigenvalue weighted by molar-refractivity contribution is 6.31. The average Bonchev–Trinajstić information content (AvgIpc) is 2.59. The van der Waals surface area contributed by atoms with Crippen molar-refractivity contribution in [3.05, 3.63) is 41.1 Å². The normalized spacial score (nSPS) is 11.5. The molecule has 0 amide bonds. The summed E-state index contributed by atoms with van der Waals surface area (Å²) in [5.74, 6) is -0.307. The van der Waals surface area contributed by atoms with Gasteiger partial charge >= 0.3 is 0 Å². The number of benzene rings is 1. The van der Waals surface area contributed by atoms with Gasteiger partial charge in [-0.3, -0.25) is 4.99 Å². The summed E-state index contributed by atoms with van der Waals surface area (Å²) >= 11 is 5.95. The molecule has 0 unspecified atom stereocenters. The Balaban J connectivity index is 2.29. The number of hydrogen-bond donors (Lipinski definition) is 4. The summed E-state index contributed by atoms with van der Waals surface area (Å²) in [5, 5.41) is 15.4. The van der Waals surface area contributed by atoms with Crippen molar-refractivity contribution in [2.75, 3.05) is 22.9 Å². The van der Waals surface area contributed by atoms with Gasteiger partial charge in [0.15, 0.2) is 11.0 Å². The van der Waals surface area contributed by atoms with Gasteiger partial charge < -0.3 is 21.6 Å². The van der Waals surface area contributed by atoms with Crippen molar-refractivity contribution in [2.45, 2.75) is 0 Å². The van der Waals surface area contributed by atoms with Gasteiger partial charge in [-0.15, -0.1) is 10.2 Å². The molecule has 0 saturated carbocycles. The van der Waals surface area contributed by atoms with Crippen molar-refractivity contribution in [1.29, 1.82) is 0 Å². The monoisotopic (exact) mass is 346 g/mol. The Morgan fingerprint density at radius 1 is 1.42 bits per heavy atom. The predicted octanol–water partition coefficient (Wildman–Crippen LogP) is 1.82. The molecule has 0 aliphatic heterocycles. The summed E-state index contributed by atoms with van der Waals surface area (Å²) in [6.07, 6.45) is 2.76. The lowest BCUT2D eigenvalue weighted by atomic mass is 10.2. The number of hydrogen-bond acceptors (Lipinski definition) is 8. The number of rotatable bonds is 6. The average molecular weight is 347 g/mol. The summed E-state index contributed by atoms with van der Waals surface area (Å²) in [6.45, 7) is 0. The molecule has 0 atom stereocenters. The van der Waals surface area contributed by atoms with Gasteiger partial charge in [-0.1, -0.05) is 11.6 Å². The fourth-order valence-corrected chi connectivity index (χ4v) is 1.80. The third-order valence-electron chi connectivity index (χ3n) is 2.74. The van der Waals surface area contributed by atoms with Crippen molar-refractivity contribution in [3.8, 4) is 0 Å². The Kier molecular flexibility index (Phi) is 5.91. The van der Waals surface area contributed by atoms with E-state index >= 15 is 0 Å². The number of nitrogens with two attached hydrogens (primary N) is 1. The highest BCUT2D eigenvalue weighted by Crippen LogP contribution is 2.26. The summed E-state index contributed by atoms with van der Waals surface area (Å²) in [5.41, 5.74) is 6.52. The zero-order valence-corrected chi connectivity index (χ0v) is 13.3. The van der Waals surface area contributed by atoms with Gasteiger partial charge in [0.05, 0.1) is 11.4 Å². The molecule has 0 fully saturated rings. The van der Waals surface area contributed by atoms with Crippen LogP contribution in [0.15, 0.2) is 35.1 Å². The van der Waals surface area contributed by atoms with Crippen LogP contribution >= 0.6 is 11.6 Å². The number of nitrogens with zero attached hydrogens (tertiary/aromatic N) is 4. The third-order valence-corrected chi connectivity index (χ3v) is 2.99. The van der Waals surface area contributed by atoms with E-state index in [1.54, 1.807) is 7.05 Å². The molecule has 11 heteroatoms. The van der Waals surface area contributed by atoms with Crippen LogP contribution in [0.5, 0.6) is 0 Å². The first-order valence-corrected chi connectivity index (χ1v) is 6.99. The second kappa shape index (κ2) is 8.11. The Labute approximate surface area is 143 Å². The fraction of sp³-hybridized carbons (Fsp3) is 0.0769. The van der Waals surface area contributed by atoms with Crippen LogP contribution in [0.3, 0.4) is 0 Å². The molecule has 0 bridgehead atoms. The van der Waals surface area contributed by atoms with Crippen LogP contribution < -0.4 is 21.6 Å². The van der Waals surface area contributed by atoms with E-state index in [9.17, 15) is 4.39 Å². The van der Waals surface area contributed by atoms with E-state index in [0.29, 0.717) is 11.4 Å². The Hall–Kier alpha value is -2.88. The van der Waals surface area contributed by atoms with Gasteiger partial charge in [-0.05, 0) is 18.2 Å². The zero-order valence-electron chi connectivity index (χ0n) is 12.6. The minimum absolute atomic E-state index is 0.0338. The van der Waals surface area contributed by atoms with Crippen LogP contribution in [-0.4, -0.2) is 36.4 Å². The highest BCUT2D eigenvalue weighted by Gasteiger charge is 2.11. The van der Waals surface area contributed by atoms with E-state index in [0.717, 1.165) is 0 Å². The van der Waals surface area contributed by atoms with Crippen LogP contribution in [-0.2, 0) is 0 Å². The molecule has 0 spiro atoms. The summed E-state index contributed by atoms with van der Waals surface area (Å²) in [6, 6.07) is 4.18. The van der Waals surface area contributed by atoms with Crippen molar-refractivity contribution >= 4 is 48.9 Å². The topological polar surface area (TPSA) is 113 Å². The predicted molar refractivity (Wildman–Crippen MR) is 94.2 cm³/mol. The van der Waals surface area contributed by atoms with Gasteiger partial charge in [-0.25, -0.2) is 4.39 Å². The molecule has 2 rings (SSSR count). The molecule has 1 heterocycles. The molecule has 5 N–H and O–H groups in total. The lowest BCUT2D eigenvalue weighted by Gasteiger charge is -2.11. The van der Waals surface area contributed by atoms with E-state index < -0.39 is 5.82 Å². The number of nitrogens with one attached hydrogen (secondary N) is 3. The SMILES string of the molecule is [B]Nc1ccc(F)c(Nc2nc(N/C(C=NC)=C/N)nnc2Cl)c1. The summed E-state index contributed by atoms with van der Waals surface area (Å²) in [4.78, 5) is 7.95. The first-order valence-electron chi connectivity index (χ1n) is 6.62. The fourth-order valence-electron chi connectivity index (χ4n) is 1.67. The van der Waals surface area contributed by atoms with Gasteiger partial charge in [0, 0.05) is 25.1 Å². The maximum atomic E-state index is 13.9. The number of halogens is 2. The molecule has 2 radical (unpaired) electrons. The van der Waals surface area contributed by atoms with Crippen LogP contribution in [0.1, 0.15) is 0 Å². The first-order chi connectivity index (χ1) is 11.6. The molecule has 1 aromatic heterocycles. The van der Waals surface area contributed by atoms with Gasteiger partial charge in [0.25, 0.3) is 0 Å².